The fraction of sp³-hybridized carbons (Fsp3) is 0.250. The monoisotopic (exact) mass is 357 g/mol. The van der Waals surface area contributed by atoms with E-state index in [0.717, 1.165) is 10.9 Å². The Bertz CT molecular complexity index is 958. The number of alkyl halides is 2. The van der Waals surface area contributed by atoms with Gasteiger partial charge in [0.05, 0.1) is 7.11 Å². The maximum Gasteiger partial charge on any atom is 0.287 e. The Hall–Kier alpha value is -2.89. The van der Waals surface area contributed by atoms with Gasteiger partial charge in [0.2, 0.25) is 5.76 Å². The van der Waals surface area contributed by atoms with Crippen molar-refractivity contribution in [3.8, 4) is 16.9 Å². The van der Waals surface area contributed by atoms with Crippen LogP contribution < -0.4 is 10.1 Å². The van der Waals surface area contributed by atoms with Gasteiger partial charge in [-0.3, -0.25) is 4.79 Å². The zero-order valence-corrected chi connectivity index (χ0v) is 14.1. The number of nitrogens with one attached hydrogen (secondary N) is 1. The smallest absolute Gasteiger partial charge is 0.287 e. The van der Waals surface area contributed by atoms with Crippen molar-refractivity contribution in [1.29, 1.82) is 0 Å². The van der Waals surface area contributed by atoms with Gasteiger partial charge in [-0.2, -0.15) is 0 Å². The number of rotatable bonds is 4. The van der Waals surface area contributed by atoms with Gasteiger partial charge in [-0.05, 0) is 17.7 Å². The van der Waals surface area contributed by atoms with E-state index in [1.54, 1.807) is 19.2 Å². The predicted octanol–water partition coefficient (Wildman–Crippen LogP) is 4.64. The molecule has 0 spiro atoms. The van der Waals surface area contributed by atoms with Gasteiger partial charge in [0.1, 0.15) is 11.3 Å². The molecule has 4 rings (SSSR count). The summed E-state index contributed by atoms with van der Waals surface area (Å²) in [4.78, 5) is 12.7. The molecule has 1 heterocycles. The predicted molar refractivity (Wildman–Crippen MR) is 93.6 cm³/mol. The fourth-order valence-electron chi connectivity index (χ4n) is 3.27. The van der Waals surface area contributed by atoms with Gasteiger partial charge in [-0.15, -0.1) is 0 Å². The van der Waals surface area contributed by atoms with E-state index in [2.05, 4.69) is 5.32 Å². The molecule has 0 saturated heterocycles. The maximum atomic E-state index is 13.0. The van der Waals surface area contributed by atoms with Crippen molar-refractivity contribution in [2.24, 2.45) is 0 Å². The summed E-state index contributed by atoms with van der Waals surface area (Å²) in [5, 5.41) is 3.41. The van der Waals surface area contributed by atoms with E-state index < -0.39 is 17.9 Å². The molecule has 0 unspecified atom stereocenters. The Balaban J connectivity index is 1.76. The first-order chi connectivity index (χ1) is 12.5. The van der Waals surface area contributed by atoms with Crippen LogP contribution in [0.3, 0.4) is 0 Å². The van der Waals surface area contributed by atoms with Crippen LogP contribution in [0.25, 0.3) is 22.1 Å². The lowest BCUT2D eigenvalue weighted by molar-refractivity contribution is -0.0902. The van der Waals surface area contributed by atoms with Gasteiger partial charge in [-0.1, -0.05) is 30.3 Å². The number of methoxy groups -OCH3 is 1. The highest BCUT2D eigenvalue weighted by Gasteiger charge is 2.46. The number of fused-ring (bicyclic) bond motifs is 1. The summed E-state index contributed by atoms with van der Waals surface area (Å²) < 4.78 is 37.1. The molecular weight excluding hydrogens is 340 g/mol. The van der Waals surface area contributed by atoms with E-state index >= 15 is 0 Å². The molecule has 134 valence electrons. The summed E-state index contributed by atoms with van der Waals surface area (Å²) in [6, 6.07) is 14.2. The second-order valence-electron chi connectivity index (χ2n) is 6.47. The lowest BCUT2D eigenvalue weighted by Crippen LogP contribution is -2.50. The second kappa shape index (κ2) is 6.12. The van der Waals surface area contributed by atoms with Crippen LogP contribution in [0.1, 0.15) is 23.4 Å². The van der Waals surface area contributed by atoms with Crippen LogP contribution in [-0.2, 0) is 0 Å². The molecule has 1 aliphatic carbocycles. The standard InChI is InChI=1S/C20H17F2NO3/c1-25-14-7-8-15-16(9-14)26-18(17(15)12-5-3-2-4-6-12)19(24)23-13-10-20(21,22)11-13/h2-9,13H,10-11H2,1H3,(H,23,24). The van der Waals surface area contributed by atoms with Crippen LogP contribution >= 0.6 is 0 Å². The minimum atomic E-state index is -2.69. The van der Waals surface area contributed by atoms with Gasteiger partial charge >= 0.3 is 0 Å². The van der Waals surface area contributed by atoms with Crippen molar-refractivity contribution >= 4 is 16.9 Å². The van der Waals surface area contributed by atoms with E-state index in [0.29, 0.717) is 16.9 Å². The average Bonchev–Trinajstić information content (AvgIpc) is 2.99. The van der Waals surface area contributed by atoms with Crippen LogP contribution in [0.4, 0.5) is 8.78 Å². The number of amides is 1. The number of hydrogen-bond acceptors (Lipinski definition) is 3. The second-order valence-corrected chi connectivity index (χ2v) is 6.47. The number of benzene rings is 2. The molecule has 1 fully saturated rings. The molecule has 26 heavy (non-hydrogen) atoms. The van der Waals surface area contributed by atoms with E-state index in [9.17, 15) is 13.6 Å². The van der Waals surface area contributed by atoms with E-state index in [-0.39, 0.29) is 18.6 Å². The van der Waals surface area contributed by atoms with Crippen LogP contribution in [-0.4, -0.2) is 25.0 Å². The van der Waals surface area contributed by atoms with Crippen LogP contribution in [0.2, 0.25) is 0 Å². The Morgan fingerprint density at radius 2 is 1.92 bits per heavy atom. The minimum absolute atomic E-state index is 0.120. The lowest BCUT2D eigenvalue weighted by Gasteiger charge is -2.35. The van der Waals surface area contributed by atoms with Crippen molar-refractivity contribution in [2.45, 2.75) is 24.8 Å². The zero-order valence-electron chi connectivity index (χ0n) is 14.1. The van der Waals surface area contributed by atoms with Crippen molar-refractivity contribution < 1.29 is 22.7 Å². The molecule has 0 radical (unpaired) electrons. The molecule has 0 aliphatic heterocycles. The van der Waals surface area contributed by atoms with Crippen molar-refractivity contribution in [2.75, 3.05) is 7.11 Å². The molecular formula is C20H17F2NO3. The number of carbonyl (C=O) groups excluding carboxylic acids is 1. The van der Waals surface area contributed by atoms with Crippen LogP contribution in [0.15, 0.2) is 52.9 Å². The minimum Gasteiger partial charge on any atom is -0.497 e. The summed E-state index contributed by atoms with van der Waals surface area (Å²) in [6.07, 6.45) is -0.680. The van der Waals surface area contributed by atoms with Crippen molar-refractivity contribution in [1.82, 2.24) is 5.32 Å². The molecule has 2 aromatic carbocycles. The Morgan fingerprint density at radius 3 is 2.58 bits per heavy atom. The van der Waals surface area contributed by atoms with Gasteiger partial charge in [-0.25, -0.2) is 8.78 Å². The Morgan fingerprint density at radius 1 is 1.19 bits per heavy atom. The van der Waals surface area contributed by atoms with E-state index in [4.69, 9.17) is 9.15 Å². The highest BCUT2D eigenvalue weighted by Crippen LogP contribution is 2.39. The van der Waals surface area contributed by atoms with Gasteiger partial charge in [0.15, 0.2) is 0 Å². The highest BCUT2D eigenvalue weighted by atomic mass is 19.3. The highest BCUT2D eigenvalue weighted by molar-refractivity contribution is 6.08. The van der Waals surface area contributed by atoms with Crippen molar-refractivity contribution in [3.63, 3.8) is 0 Å². The Labute approximate surface area is 148 Å². The molecule has 6 heteroatoms. The van der Waals surface area contributed by atoms with E-state index in [1.807, 2.05) is 36.4 Å². The van der Waals surface area contributed by atoms with Crippen LogP contribution in [0, 0.1) is 0 Å². The molecule has 1 aliphatic rings. The summed E-state index contributed by atoms with van der Waals surface area (Å²) in [5.74, 6) is -2.45. The third-order valence-corrected chi connectivity index (χ3v) is 4.59. The molecule has 1 aromatic heterocycles. The number of hydrogen-bond donors (Lipinski definition) is 1. The lowest BCUT2D eigenvalue weighted by atomic mass is 9.88. The first kappa shape index (κ1) is 16.6. The molecule has 1 amide bonds. The number of halogens is 2. The maximum absolute atomic E-state index is 13.0. The summed E-state index contributed by atoms with van der Waals surface area (Å²) >= 11 is 0. The van der Waals surface area contributed by atoms with Gasteiger partial charge in [0, 0.05) is 35.9 Å². The summed E-state index contributed by atoms with van der Waals surface area (Å²) in [7, 11) is 1.55. The number of ether oxygens (including phenoxy) is 1. The van der Waals surface area contributed by atoms with Gasteiger partial charge in [0.25, 0.3) is 11.8 Å². The SMILES string of the molecule is COc1ccc2c(-c3ccccc3)c(C(=O)NC3CC(F)(F)C3)oc2c1. The summed E-state index contributed by atoms with van der Waals surface area (Å²) in [6.45, 7) is 0. The number of furan rings is 1. The summed E-state index contributed by atoms with van der Waals surface area (Å²) in [5.41, 5.74) is 1.97. The molecule has 4 nitrogen and oxygen atoms in total. The third kappa shape index (κ3) is 2.92. The third-order valence-electron chi connectivity index (χ3n) is 4.59. The van der Waals surface area contributed by atoms with E-state index in [1.165, 1.54) is 0 Å². The fourth-order valence-corrected chi connectivity index (χ4v) is 3.27. The van der Waals surface area contributed by atoms with Crippen molar-refractivity contribution in [3.05, 3.63) is 54.3 Å². The largest absolute Gasteiger partial charge is 0.497 e. The molecule has 1 saturated carbocycles. The first-order valence-corrected chi connectivity index (χ1v) is 8.31. The van der Waals surface area contributed by atoms with Gasteiger partial charge < -0.3 is 14.5 Å². The molecule has 1 N–H and O–H groups in total. The molecule has 3 aromatic rings. The van der Waals surface area contributed by atoms with Crippen LogP contribution in [0.5, 0.6) is 5.75 Å². The average molecular weight is 357 g/mol. The normalized spacial score (nSPS) is 16.3. The quantitative estimate of drug-likeness (QED) is 0.740. The Kier molecular flexibility index (Phi) is 3.90. The molecule has 0 atom stereocenters. The zero-order chi connectivity index (χ0) is 18.3. The number of carbonyl (C=O) groups is 1. The topological polar surface area (TPSA) is 51.5 Å². The first-order valence-electron chi connectivity index (χ1n) is 8.31. The molecule has 0 bridgehead atoms.